The molecule has 0 bridgehead atoms. The summed E-state index contributed by atoms with van der Waals surface area (Å²) in [5.41, 5.74) is 1.21. The van der Waals surface area contributed by atoms with Crippen molar-refractivity contribution in [2.75, 3.05) is 43.6 Å². The summed E-state index contributed by atoms with van der Waals surface area (Å²) in [6.07, 6.45) is 0.192. The van der Waals surface area contributed by atoms with E-state index in [1.165, 1.54) is 5.19 Å². The Balaban J connectivity index is 1.57. The number of aliphatic hydroxyl groups excluding tert-OH is 1. The number of aliphatic hydroxyl groups is 1. The number of amides is 2. The number of nitrogens with zero attached hydrogens (tertiary/aromatic N) is 1. The lowest BCUT2D eigenvalue weighted by atomic mass is 9.82. The Labute approximate surface area is 213 Å². The summed E-state index contributed by atoms with van der Waals surface area (Å²) in [7, 11) is -0.535. The predicted octanol–water partition coefficient (Wildman–Crippen LogP) is 2.18. The second-order valence-corrected chi connectivity index (χ2v) is 15.3. The predicted molar refractivity (Wildman–Crippen MR) is 142 cm³/mol. The highest BCUT2D eigenvalue weighted by Crippen LogP contribution is 2.58. The second kappa shape index (κ2) is 9.30. The summed E-state index contributed by atoms with van der Waals surface area (Å²) in [6, 6.07) is 13.9. The highest BCUT2D eigenvalue weighted by Gasteiger charge is 2.64. The number of methoxy groups -OCH3 is 1. The molecule has 192 valence electrons. The number of benzene rings is 2. The molecule has 3 heterocycles. The fraction of sp³-hybridized carbons (Fsp3) is 0.481. The molecule has 2 aromatic carbocycles. The van der Waals surface area contributed by atoms with Crippen molar-refractivity contribution in [2.24, 2.45) is 5.92 Å². The summed E-state index contributed by atoms with van der Waals surface area (Å²) in [6.45, 7) is 8.32. The van der Waals surface area contributed by atoms with E-state index >= 15 is 0 Å². The largest absolute Gasteiger partial charge is 0.497 e. The van der Waals surface area contributed by atoms with E-state index in [0.29, 0.717) is 19.5 Å². The quantitative estimate of drug-likeness (QED) is 0.516. The Morgan fingerprint density at radius 1 is 1.19 bits per heavy atom. The fourth-order valence-corrected chi connectivity index (χ4v) is 10.6. The van der Waals surface area contributed by atoms with E-state index in [2.05, 4.69) is 42.8 Å². The standard InChI is InChI=1S/C27H35N3O5Si/c1-17-25(36(3,4)20-8-6-19(34-2)7-9-20)23(11-14-31)35-27(17)21-15-18(5-10-22(21)29-26(27)33)30-13-12-28-16-24(30)32/h5-10,15,17,23,25,28,31H,11-14,16H2,1-4H3,(H,29,33)/t17-,23+,25-,27+/m1/s1. The minimum atomic E-state index is -2.19. The molecule has 0 aromatic heterocycles. The molecule has 0 unspecified atom stereocenters. The topological polar surface area (TPSA) is 100 Å². The maximum Gasteiger partial charge on any atom is 0.261 e. The average Bonchev–Trinajstić information content (AvgIpc) is 3.33. The van der Waals surface area contributed by atoms with E-state index in [-0.39, 0.29) is 36.0 Å². The summed E-state index contributed by atoms with van der Waals surface area (Å²) < 4.78 is 12.1. The normalized spacial score (nSPS) is 27.9. The number of rotatable bonds is 6. The van der Waals surface area contributed by atoms with E-state index < -0.39 is 13.7 Å². The van der Waals surface area contributed by atoms with Crippen LogP contribution in [0.4, 0.5) is 11.4 Å². The highest BCUT2D eigenvalue weighted by atomic mass is 28.3. The van der Waals surface area contributed by atoms with Gasteiger partial charge in [-0.3, -0.25) is 9.59 Å². The van der Waals surface area contributed by atoms with Crippen LogP contribution in [-0.2, 0) is 19.9 Å². The van der Waals surface area contributed by atoms with Gasteiger partial charge in [0.25, 0.3) is 5.91 Å². The van der Waals surface area contributed by atoms with Crippen molar-refractivity contribution in [3.63, 3.8) is 0 Å². The van der Waals surface area contributed by atoms with Gasteiger partial charge in [-0.25, -0.2) is 0 Å². The van der Waals surface area contributed by atoms with Crippen molar-refractivity contribution in [3.05, 3.63) is 48.0 Å². The molecular weight excluding hydrogens is 474 g/mol. The summed E-state index contributed by atoms with van der Waals surface area (Å²) >= 11 is 0. The minimum absolute atomic E-state index is 0.0111. The molecule has 3 aliphatic rings. The number of fused-ring (bicyclic) bond motifs is 2. The van der Waals surface area contributed by atoms with Crippen molar-refractivity contribution < 1.29 is 24.2 Å². The van der Waals surface area contributed by atoms with Gasteiger partial charge < -0.3 is 30.1 Å². The molecule has 36 heavy (non-hydrogen) atoms. The van der Waals surface area contributed by atoms with Gasteiger partial charge in [-0.05, 0) is 42.3 Å². The third-order valence-electron chi connectivity index (χ3n) is 8.39. The first-order chi connectivity index (χ1) is 17.2. The van der Waals surface area contributed by atoms with Crippen LogP contribution in [0.1, 0.15) is 18.9 Å². The van der Waals surface area contributed by atoms with Crippen LogP contribution >= 0.6 is 0 Å². The molecule has 2 amide bonds. The van der Waals surface area contributed by atoms with Crippen LogP contribution in [0.2, 0.25) is 18.6 Å². The highest BCUT2D eigenvalue weighted by molar-refractivity contribution is 6.91. The Hall–Kier alpha value is -2.72. The van der Waals surface area contributed by atoms with E-state index in [1.54, 1.807) is 12.0 Å². The van der Waals surface area contributed by atoms with E-state index in [9.17, 15) is 14.7 Å². The molecule has 3 aliphatic heterocycles. The Bertz CT molecular complexity index is 1170. The van der Waals surface area contributed by atoms with Gasteiger partial charge in [-0.15, -0.1) is 0 Å². The molecule has 2 aromatic rings. The lowest BCUT2D eigenvalue weighted by molar-refractivity contribution is -0.143. The minimum Gasteiger partial charge on any atom is -0.497 e. The third-order valence-corrected chi connectivity index (χ3v) is 12.7. The van der Waals surface area contributed by atoms with Gasteiger partial charge >= 0.3 is 0 Å². The van der Waals surface area contributed by atoms with Gasteiger partial charge in [0.2, 0.25) is 5.91 Å². The lowest BCUT2D eigenvalue weighted by Crippen LogP contribution is -2.51. The van der Waals surface area contributed by atoms with Crippen LogP contribution in [0.3, 0.4) is 0 Å². The fourth-order valence-electron chi connectivity index (χ4n) is 6.57. The van der Waals surface area contributed by atoms with E-state index in [1.807, 2.05) is 30.3 Å². The number of carbonyl (C=O) groups is 2. The number of ether oxygens (including phenoxy) is 2. The van der Waals surface area contributed by atoms with E-state index in [4.69, 9.17) is 9.47 Å². The molecular formula is C27H35N3O5Si. The second-order valence-electron chi connectivity index (χ2n) is 10.6. The van der Waals surface area contributed by atoms with Crippen molar-refractivity contribution in [3.8, 4) is 5.75 Å². The molecule has 3 N–H and O–H groups in total. The van der Waals surface area contributed by atoms with Crippen LogP contribution in [0, 0.1) is 5.92 Å². The van der Waals surface area contributed by atoms with Crippen LogP contribution in [0.25, 0.3) is 0 Å². The monoisotopic (exact) mass is 509 g/mol. The zero-order chi connectivity index (χ0) is 25.7. The van der Waals surface area contributed by atoms with Gasteiger partial charge in [-0.1, -0.05) is 37.3 Å². The number of nitrogens with one attached hydrogen (secondary N) is 2. The maximum atomic E-state index is 13.7. The SMILES string of the molecule is COc1ccc([Si](C)(C)[C@H]2[C@H](CCO)O[C@@]3(C(=O)Nc4ccc(N5CCNCC5=O)cc43)[C@@H]2C)cc1. The van der Waals surface area contributed by atoms with Crippen molar-refractivity contribution in [2.45, 2.75) is 43.7 Å². The maximum absolute atomic E-state index is 13.7. The number of hydrogen-bond acceptors (Lipinski definition) is 6. The Morgan fingerprint density at radius 3 is 2.61 bits per heavy atom. The Morgan fingerprint density at radius 2 is 1.94 bits per heavy atom. The zero-order valence-corrected chi connectivity index (χ0v) is 22.3. The smallest absolute Gasteiger partial charge is 0.261 e. The van der Waals surface area contributed by atoms with E-state index in [0.717, 1.165) is 29.2 Å². The molecule has 2 fully saturated rings. The van der Waals surface area contributed by atoms with Gasteiger partial charge in [0, 0.05) is 42.6 Å². The molecule has 8 nitrogen and oxygen atoms in total. The van der Waals surface area contributed by atoms with Gasteiger partial charge in [0.15, 0.2) is 5.60 Å². The Kier molecular flexibility index (Phi) is 6.44. The van der Waals surface area contributed by atoms with Crippen molar-refractivity contribution >= 4 is 36.4 Å². The number of anilines is 2. The van der Waals surface area contributed by atoms with Gasteiger partial charge in [-0.2, -0.15) is 0 Å². The summed E-state index contributed by atoms with van der Waals surface area (Å²) in [5.74, 6) is 0.519. The molecule has 2 saturated heterocycles. The average molecular weight is 510 g/mol. The molecule has 5 rings (SSSR count). The molecule has 0 aliphatic carbocycles. The van der Waals surface area contributed by atoms with Gasteiger partial charge in [0.1, 0.15) is 5.75 Å². The van der Waals surface area contributed by atoms with Crippen molar-refractivity contribution in [1.29, 1.82) is 0 Å². The first-order valence-corrected chi connectivity index (χ1v) is 15.7. The van der Waals surface area contributed by atoms with Crippen LogP contribution < -0.4 is 25.5 Å². The number of hydrogen-bond donors (Lipinski definition) is 3. The summed E-state index contributed by atoms with van der Waals surface area (Å²) in [4.78, 5) is 28.0. The molecule has 0 radical (unpaired) electrons. The zero-order valence-electron chi connectivity index (χ0n) is 21.3. The third kappa shape index (κ3) is 3.76. The first-order valence-electron chi connectivity index (χ1n) is 12.6. The van der Waals surface area contributed by atoms with Crippen molar-refractivity contribution in [1.82, 2.24) is 5.32 Å². The molecule has 1 spiro atoms. The molecule has 9 heteroatoms. The first kappa shape index (κ1) is 24.9. The molecule has 0 saturated carbocycles. The van der Waals surface area contributed by atoms with Crippen LogP contribution in [0.5, 0.6) is 5.75 Å². The van der Waals surface area contributed by atoms with Crippen LogP contribution in [-0.4, -0.2) is 64.4 Å². The van der Waals surface area contributed by atoms with Crippen LogP contribution in [0.15, 0.2) is 42.5 Å². The molecule has 4 atom stereocenters. The number of piperazine rings is 1. The van der Waals surface area contributed by atoms with Gasteiger partial charge in [0.05, 0.1) is 27.8 Å². The number of carbonyl (C=O) groups excluding carboxylic acids is 2. The summed E-state index contributed by atoms with van der Waals surface area (Å²) in [5, 5.41) is 17.3. The lowest BCUT2D eigenvalue weighted by Gasteiger charge is -2.37.